The van der Waals surface area contributed by atoms with Crippen LogP contribution in [-0.2, 0) is 4.74 Å². The van der Waals surface area contributed by atoms with Crippen molar-refractivity contribution in [3.8, 4) is 11.5 Å². The van der Waals surface area contributed by atoms with E-state index < -0.39 is 0 Å². The molecule has 1 atom stereocenters. The third kappa shape index (κ3) is 2.06. The summed E-state index contributed by atoms with van der Waals surface area (Å²) in [6.45, 7) is 1.64. The van der Waals surface area contributed by atoms with E-state index in [9.17, 15) is 0 Å². The van der Waals surface area contributed by atoms with Crippen molar-refractivity contribution in [1.82, 2.24) is 5.32 Å². The van der Waals surface area contributed by atoms with Crippen molar-refractivity contribution in [1.29, 1.82) is 0 Å². The van der Waals surface area contributed by atoms with E-state index in [1.54, 1.807) is 14.2 Å². The fourth-order valence-corrected chi connectivity index (χ4v) is 1.66. The lowest BCUT2D eigenvalue weighted by atomic mass is 10.2. The van der Waals surface area contributed by atoms with Crippen LogP contribution in [0.5, 0.6) is 11.5 Å². The lowest BCUT2D eigenvalue weighted by Gasteiger charge is -2.13. The minimum Gasteiger partial charge on any atom is -0.493 e. The lowest BCUT2D eigenvalue weighted by molar-refractivity contribution is 0.102. The number of hydrogen-bond donors (Lipinski definition) is 1. The van der Waals surface area contributed by atoms with E-state index in [-0.39, 0.29) is 6.23 Å². The first-order chi connectivity index (χ1) is 7.35. The maximum absolute atomic E-state index is 5.50. The number of methoxy groups -OCH3 is 2. The van der Waals surface area contributed by atoms with Gasteiger partial charge in [-0.25, -0.2) is 0 Å². The summed E-state index contributed by atoms with van der Waals surface area (Å²) in [6.07, 6.45) is -0.0233. The molecule has 1 N–H and O–H groups in total. The van der Waals surface area contributed by atoms with Gasteiger partial charge in [0.05, 0.1) is 20.8 Å². The van der Waals surface area contributed by atoms with Crippen LogP contribution in [0.3, 0.4) is 0 Å². The molecular formula is C11H15NO3. The molecule has 0 amide bonds. The van der Waals surface area contributed by atoms with Crippen LogP contribution in [0.25, 0.3) is 0 Å². The predicted octanol–water partition coefficient (Wildman–Crippen LogP) is 1.32. The summed E-state index contributed by atoms with van der Waals surface area (Å²) in [5, 5.41) is 3.24. The zero-order valence-electron chi connectivity index (χ0n) is 8.95. The predicted molar refractivity (Wildman–Crippen MR) is 56.2 cm³/mol. The Morgan fingerprint density at radius 3 is 2.67 bits per heavy atom. The highest BCUT2D eigenvalue weighted by Gasteiger charge is 2.18. The van der Waals surface area contributed by atoms with Gasteiger partial charge in [-0.15, -0.1) is 0 Å². The third-order valence-corrected chi connectivity index (χ3v) is 2.43. The molecular weight excluding hydrogens is 194 g/mol. The Morgan fingerprint density at radius 1 is 1.27 bits per heavy atom. The largest absolute Gasteiger partial charge is 0.493 e. The molecule has 1 heterocycles. The van der Waals surface area contributed by atoms with Gasteiger partial charge in [0.2, 0.25) is 0 Å². The van der Waals surface area contributed by atoms with Crippen molar-refractivity contribution in [2.45, 2.75) is 6.23 Å². The molecule has 1 aliphatic rings. The van der Waals surface area contributed by atoms with Gasteiger partial charge in [-0.1, -0.05) is 6.07 Å². The Morgan fingerprint density at radius 2 is 2.07 bits per heavy atom. The molecule has 0 radical (unpaired) electrons. The Kier molecular flexibility index (Phi) is 3.08. The minimum atomic E-state index is -0.0233. The molecule has 4 nitrogen and oxygen atoms in total. The average Bonchev–Trinajstić information content (AvgIpc) is 2.81. The second kappa shape index (κ2) is 4.51. The average molecular weight is 209 g/mol. The van der Waals surface area contributed by atoms with E-state index >= 15 is 0 Å². The highest BCUT2D eigenvalue weighted by molar-refractivity contribution is 5.43. The molecule has 2 rings (SSSR count). The summed E-state index contributed by atoms with van der Waals surface area (Å²) >= 11 is 0. The fraction of sp³-hybridized carbons (Fsp3) is 0.455. The Bertz CT molecular complexity index is 335. The van der Waals surface area contributed by atoms with Crippen LogP contribution < -0.4 is 14.8 Å². The van der Waals surface area contributed by atoms with Crippen LogP contribution in [0, 0.1) is 0 Å². The number of ether oxygens (including phenoxy) is 3. The molecule has 0 bridgehead atoms. The number of benzene rings is 1. The Balaban J connectivity index is 2.25. The molecule has 15 heavy (non-hydrogen) atoms. The van der Waals surface area contributed by atoms with Crippen molar-refractivity contribution in [2.75, 3.05) is 27.4 Å². The Labute approximate surface area is 89.1 Å². The lowest BCUT2D eigenvalue weighted by Crippen LogP contribution is -2.13. The second-order valence-corrected chi connectivity index (χ2v) is 3.32. The van der Waals surface area contributed by atoms with Gasteiger partial charge in [0.25, 0.3) is 0 Å². The van der Waals surface area contributed by atoms with Gasteiger partial charge in [-0.05, 0) is 17.7 Å². The first kappa shape index (κ1) is 10.3. The first-order valence-corrected chi connectivity index (χ1v) is 4.92. The molecule has 1 saturated heterocycles. The van der Waals surface area contributed by atoms with Gasteiger partial charge < -0.3 is 14.2 Å². The minimum absolute atomic E-state index is 0.0233. The van der Waals surface area contributed by atoms with Crippen molar-refractivity contribution < 1.29 is 14.2 Å². The van der Waals surface area contributed by atoms with Crippen LogP contribution in [-0.4, -0.2) is 27.4 Å². The van der Waals surface area contributed by atoms with Crippen LogP contribution in [0.4, 0.5) is 0 Å². The van der Waals surface area contributed by atoms with Crippen molar-refractivity contribution in [2.24, 2.45) is 0 Å². The second-order valence-electron chi connectivity index (χ2n) is 3.32. The molecule has 0 spiro atoms. The Hall–Kier alpha value is -1.26. The normalized spacial score (nSPS) is 20.3. The molecule has 1 aromatic rings. The molecule has 82 valence electrons. The van der Waals surface area contributed by atoms with E-state index in [4.69, 9.17) is 14.2 Å². The van der Waals surface area contributed by atoms with E-state index in [1.807, 2.05) is 18.2 Å². The van der Waals surface area contributed by atoms with Gasteiger partial charge in [0, 0.05) is 6.54 Å². The monoisotopic (exact) mass is 209 g/mol. The zero-order valence-corrected chi connectivity index (χ0v) is 8.95. The van der Waals surface area contributed by atoms with Gasteiger partial charge in [0.15, 0.2) is 11.5 Å². The van der Waals surface area contributed by atoms with Gasteiger partial charge in [0.1, 0.15) is 6.23 Å². The van der Waals surface area contributed by atoms with E-state index in [0.29, 0.717) is 0 Å². The third-order valence-electron chi connectivity index (χ3n) is 2.43. The van der Waals surface area contributed by atoms with E-state index in [0.717, 1.165) is 30.2 Å². The summed E-state index contributed by atoms with van der Waals surface area (Å²) in [6, 6.07) is 5.80. The van der Waals surface area contributed by atoms with E-state index in [1.165, 1.54) is 0 Å². The molecule has 0 unspecified atom stereocenters. The molecule has 0 aromatic heterocycles. The quantitative estimate of drug-likeness (QED) is 0.815. The van der Waals surface area contributed by atoms with Gasteiger partial charge in [-0.3, -0.25) is 5.32 Å². The van der Waals surface area contributed by atoms with Crippen molar-refractivity contribution >= 4 is 0 Å². The molecule has 1 aromatic carbocycles. The van der Waals surface area contributed by atoms with E-state index in [2.05, 4.69) is 5.32 Å². The van der Waals surface area contributed by atoms with Gasteiger partial charge >= 0.3 is 0 Å². The summed E-state index contributed by atoms with van der Waals surface area (Å²) < 4.78 is 15.9. The number of hydrogen-bond acceptors (Lipinski definition) is 4. The van der Waals surface area contributed by atoms with Crippen molar-refractivity contribution in [3.63, 3.8) is 0 Å². The first-order valence-electron chi connectivity index (χ1n) is 4.92. The summed E-state index contributed by atoms with van der Waals surface area (Å²) in [5.41, 5.74) is 1.06. The van der Waals surface area contributed by atoms with Crippen LogP contribution in [0.2, 0.25) is 0 Å². The van der Waals surface area contributed by atoms with Gasteiger partial charge in [-0.2, -0.15) is 0 Å². The topological polar surface area (TPSA) is 39.7 Å². The SMILES string of the molecule is COc1ccc([C@H]2NCCO2)cc1OC. The highest BCUT2D eigenvalue weighted by atomic mass is 16.5. The van der Waals surface area contributed by atoms with Crippen molar-refractivity contribution in [3.05, 3.63) is 23.8 Å². The van der Waals surface area contributed by atoms with Crippen LogP contribution in [0.1, 0.15) is 11.8 Å². The highest BCUT2D eigenvalue weighted by Crippen LogP contribution is 2.30. The maximum Gasteiger partial charge on any atom is 0.161 e. The molecule has 0 aliphatic carbocycles. The number of nitrogens with one attached hydrogen (secondary N) is 1. The zero-order chi connectivity index (χ0) is 10.7. The van der Waals surface area contributed by atoms with Crippen LogP contribution >= 0.6 is 0 Å². The standard InChI is InChI=1S/C11H15NO3/c1-13-9-4-3-8(7-10(9)14-2)11-12-5-6-15-11/h3-4,7,11-12H,5-6H2,1-2H3/t11-/m0/s1. The molecule has 1 aliphatic heterocycles. The van der Waals surface area contributed by atoms with Crippen LogP contribution in [0.15, 0.2) is 18.2 Å². The maximum atomic E-state index is 5.50. The molecule has 4 heteroatoms. The summed E-state index contributed by atoms with van der Waals surface area (Å²) in [4.78, 5) is 0. The molecule has 1 fully saturated rings. The summed E-state index contributed by atoms with van der Waals surface area (Å²) in [7, 11) is 3.26. The summed E-state index contributed by atoms with van der Waals surface area (Å²) in [5.74, 6) is 1.46. The fourth-order valence-electron chi connectivity index (χ4n) is 1.66. The molecule has 0 saturated carbocycles. The number of rotatable bonds is 3. The smallest absolute Gasteiger partial charge is 0.161 e.